The summed E-state index contributed by atoms with van der Waals surface area (Å²) in [5.41, 5.74) is 4.18. The number of carbonyl (C=O) groups is 4. The molecule has 8 rings (SSSR count). The zero-order valence-electron chi connectivity index (χ0n) is 45.7. The molecule has 0 spiro atoms. The van der Waals surface area contributed by atoms with Crippen molar-refractivity contribution in [2.45, 2.75) is 19.6 Å². The Balaban J connectivity index is 0.000000225. The zero-order valence-corrected chi connectivity index (χ0v) is 39.3. The lowest BCUT2D eigenvalue weighted by atomic mass is 10.1. The van der Waals surface area contributed by atoms with E-state index in [2.05, 4.69) is 56.0 Å². The second-order valence-electron chi connectivity index (χ2n) is 14.8. The average Bonchev–Trinajstić information content (AvgIpc) is 3.66. The van der Waals surface area contributed by atoms with Crippen molar-refractivity contribution in [3.05, 3.63) is 132 Å². The van der Waals surface area contributed by atoms with Crippen molar-refractivity contribution in [3.63, 3.8) is 0 Å². The van der Waals surface area contributed by atoms with E-state index in [1.165, 1.54) is 9.79 Å². The number of ether oxygens (including phenoxy) is 2. The third-order valence-corrected chi connectivity index (χ3v) is 12.5. The third-order valence-electron chi connectivity index (χ3n) is 10.2. The van der Waals surface area contributed by atoms with Gasteiger partial charge in [-0.05, 0) is 36.4 Å². The molecule has 4 heterocycles. The minimum absolute atomic E-state index is 0.000858. The number of para-hydroxylation sites is 2. The van der Waals surface area contributed by atoms with Crippen molar-refractivity contribution in [1.82, 2.24) is 19.6 Å². The van der Waals surface area contributed by atoms with Gasteiger partial charge in [0, 0.05) is 120 Å². The van der Waals surface area contributed by atoms with Crippen LogP contribution in [0.15, 0.2) is 151 Å². The van der Waals surface area contributed by atoms with Crippen LogP contribution in [0.4, 0.5) is 11.4 Å². The Hall–Kier alpha value is -6.36. The molecule has 18 nitrogen and oxygen atoms in total. The highest BCUT2D eigenvalue weighted by Crippen LogP contribution is 2.42. The molecule has 4 aliphatic rings. The number of carboxylic acids is 4. The molecule has 0 aliphatic carbocycles. The fourth-order valence-corrected chi connectivity index (χ4v) is 9.02. The largest absolute Gasteiger partial charge is 0.478 e. The van der Waals surface area contributed by atoms with Crippen LogP contribution < -0.4 is 0 Å². The molecular weight excluding hydrogens is 941 g/mol. The number of aliphatic carboxylic acids is 4. The molecule has 0 saturated carbocycles. The molecular formula is C50H58N6O12S2. The van der Waals surface area contributed by atoms with E-state index in [4.69, 9.17) is 50.9 Å². The van der Waals surface area contributed by atoms with E-state index in [0.717, 1.165) is 96.3 Å². The van der Waals surface area contributed by atoms with E-state index in [1.807, 2.05) is 60.7 Å². The van der Waals surface area contributed by atoms with E-state index in [1.54, 1.807) is 23.5 Å². The summed E-state index contributed by atoms with van der Waals surface area (Å²) in [5.74, 6) is -3.10. The predicted octanol–water partition coefficient (Wildman–Crippen LogP) is 5.14. The van der Waals surface area contributed by atoms with Crippen LogP contribution >= 0.6 is 23.5 Å². The molecule has 4 aromatic carbocycles. The van der Waals surface area contributed by atoms with Crippen LogP contribution in [0.2, 0.25) is 0 Å². The van der Waals surface area contributed by atoms with Gasteiger partial charge in [0.1, 0.15) is 11.7 Å². The number of carboxylic acid groups (broad SMARTS) is 4. The van der Waals surface area contributed by atoms with Gasteiger partial charge in [0.25, 0.3) is 0 Å². The summed E-state index contributed by atoms with van der Waals surface area (Å²) in [4.78, 5) is 61.7. The molecule has 372 valence electrons. The Morgan fingerprint density at radius 3 is 1.14 bits per heavy atom. The lowest BCUT2D eigenvalue weighted by Gasteiger charge is -2.36. The second-order valence-corrected chi connectivity index (χ2v) is 17.0. The fraction of sp³-hybridized carbons (Fsp3) is 0.320. The van der Waals surface area contributed by atoms with Crippen LogP contribution in [0.5, 0.6) is 0 Å². The zero-order chi connectivity index (χ0) is 57.3. The van der Waals surface area contributed by atoms with Gasteiger partial charge in [-0.2, -0.15) is 0 Å². The van der Waals surface area contributed by atoms with Crippen LogP contribution in [0, 0.1) is 0 Å². The Kier molecular flexibility index (Phi) is 18.5. The molecule has 70 heavy (non-hydrogen) atoms. The quantitative estimate of drug-likeness (QED) is 0.0896. The number of nitrogens with zero attached hydrogens (tertiary/aromatic N) is 6. The van der Waals surface area contributed by atoms with Crippen molar-refractivity contribution in [3.8, 4) is 0 Å². The van der Waals surface area contributed by atoms with Gasteiger partial charge >= 0.3 is 23.9 Å². The summed E-state index contributed by atoms with van der Waals surface area (Å²) >= 11 is 3.46. The highest BCUT2D eigenvalue weighted by atomic mass is 32.2. The molecule has 6 N–H and O–H groups in total. The maximum atomic E-state index is 9.55. The van der Waals surface area contributed by atoms with E-state index in [9.17, 15) is 29.4 Å². The molecule has 0 aromatic heterocycles. The molecule has 20 heteroatoms. The molecule has 2 fully saturated rings. The Morgan fingerprint density at radius 1 is 0.500 bits per heavy atom. The number of hydrogen-bond donors (Lipinski definition) is 6. The summed E-state index contributed by atoms with van der Waals surface area (Å²) in [6.45, 7) is -4.50. The van der Waals surface area contributed by atoms with Crippen LogP contribution in [-0.4, -0.2) is 191 Å². The number of aliphatic imine (C=N–C) groups is 2. The SMILES string of the molecule is O=C(O)/C=C/C(=O)O.O=C(O)/C=C/C(=O)O.[2H]C([2H])(O)C([2H])([2H])OCCN1CCN(C2=Nc3ccccc3Sc3ccccc32)CC1.[2H]C([2H])(O)C([2H])([2H])OCCN1CCN(C2=Nc3ccccc3Sc3ccccc32)CC1. The van der Waals surface area contributed by atoms with Gasteiger partial charge in [0.2, 0.25) is 0 Å². The first-order chi connectivity index (χ1) is 36.7. The van der Waals surface area contributed by atoms with Crippen LogP contribution in [0.1, 0.15) is 22.1 Å². The number of piperazine rings is 2. The summed E-state index contributed by atoms with van der Waals surface area (Å²) in [6, 6.07) is 32.9. The minimum Gasteiger partial charge on any atom is -0.478 e. The van der Waals surface area contributed by atoms with Gasteiger partial charge in [0.15, 0.2) is 0 Å². The van der Waals surface area contributed by atoms with Crippen LogP contribution in [0.3, 0.4) is 0 Å². The standard InChI is InChI=1S/2C21H25N3O2S.2C4H4O4/c2*25-14-16-26-15-13-23-9-11-24(12-10-23)21-17-5-1-3-7-19(17)27-20-8-4-2-6-18(20)22-21;2*5-3(6)1-2-4(7)8/h2*1-8,25H,9-16H2;2*1-2H,(H,5,6)(H,7,8)/b;;2*2-1+/i2*14D2,16D2;;. The van der Waals surface area contributed by atoms with Gasteiger partial charge in [-0.25, -0.2) is 29.2 Å². The molecule has 0 bridgehead atoms. The summed E-state index contributed by atoms with van der Waals surface area (Å²) in [6.07, 6.45) is 2.23. The fourth-order valence-electron chi connectivity index (χ4n) is 6.99. The highest BCUT2D eigenvalue weighted by molar-refractivity contribution is 7.99. The van der Waals surface area contributed by atoms with Gasteiger partial charge < -0.3 is 49.9 Å². The Bertz CT molecular complexity index is 2620. The number of fused-ring (bicyclic) bond motifs is 4. The number of aliphatic hydroxyl groups is 2. The molecule has 2 saturated heterocycles. The van der Waals surface area contributed by atoms with Gasteiger partial charge in [-0.15, -0.1) is 0 Å². The first-order valence-electron chi connectivity index (χ1n) is 25.6. The van der Waals surface area contributed by atoms with Crippen LogP contribution in [-0.2, 0) is 28.7 Å². The average molecular weight is 1010 g/mol. The predicted molar refractivity (Wildman–Crippen MR) is 267 cm³/mol. The molecule has 4 aliphatic heterocycles. The van der Waals surface area contributed by atoms with E-state index in [-0.39, 0.29) is 13.2 Å². The second kappa shape index (κ2) is 29.6. The first kappa shape index (κ1) is 43.6. The van der Waals surface area contributed by atoms with Crippen molar-refractivity contribution in [2.24, 2.45) is 9.98 Å². The third kappa shape index (κ3) is 18.2. The number of hydrogen-bond acceptors (Lipinski definition) is 16. The normalized spacial score (nSPS) is 17.9. The molecule has 0 unspecified atom stereocenters. The smallest absolute Gasteiger partial charge is 0.328 e. The van der Waals surface area contributed by atoms with Crippen molar-refractivity contribution >= 4 is 70.4 Å². The van der Waals surface area contributed by atoms with Gasteiger partial charge in [-0.3, -0.25) is 9.80 Å². The topological polar surface area (TPSA) is 246 Å². The van der Waals surface area contributed by atoms with Gasteiger partial charge in [-0.1, -0.05) is 84.2 Å². The van der Waals surface area contributed by atoms with Gasteiger partial charge in [0.05, 0.1) is 61.8 Å². The molecule has 0 atom stereocenters. The number of amidine groups is 2. The van der Waals surface area contributed by atoms with Crippen molar-refractivity contribution in [2.75, 3.05) is 105 Å². The van der Waals surface area contributed by atoms with E-state index >= 15 is 0 Å². The lowest BCUT2D eigenvalue weighted by Crippen LogP contribution is -2.49. The van der Waals surface area contributed by atoms with E-state index in [0.29, 0.717) is 37.4 Å². The maximum absolute atomic E-state index is 9.55. The molecule has 0 amide bonds. The molecule has 4 aromatic rings. The summed E-state index contributed by atoms with van der Waals surface area (Å²) in [7, 11) is 0. The molecule has 0 radical (unpaired) electrons. The Labute approximate surface area is 426 Å². The summed E-state index contributed by atoms with van der Waals surface area (Å²) < 4.78 is 68.3. The number of rotatable bonds is 14. The maximum Gasteiger partial charge on any atom is 0.328 e. The number of benzene rings is 4. The Morgan fingerprint density at radius 2 is 0.814 bits per heavy atom. The van der Waals surface area contributed by atoms with E-state index < -0.39 is 50.1 Å². The lowest BCUT2D eigenvalue weighted by molar-refractivity contribution is -0.134. The van der Waals surface area contributed by atoms with Crippen molar-refractivity contribution < 1.29 is 70.3 Å². The summed E-state index contributed by atoms with van der Waals surface area (Å²) in [5, 5.41) is 49.7. The van der Waals surface area contributed by atoms with Crippen LogP contribution in [0.25, 0.3) is 0 Å². The minimum atomic E-state index is -3.04. The highest BCUT2D eigenvalue weighted by Gasteiger charge is 2.27. The van der Waals surface area contributed by atoms with Crippen molar-refractivity contribution in [1.29, 1.82) is 0 Å². The monoisotopic (exact) mass is 1010 g/mol. The first-order valence-corrected chi connectivity index (χ1v) is 23.2.